The van der Waals surface area contributed by atoms with Crippen molar-refractivity contribution in [1.29, 1.82) is 5.26 Å². The second-order valence-corrected chi connectivity index (χ2v) is 6.43. The van der Waals surface area contributed by atoms with E-state index in [1.165, 1.54) is 22.3 Å². The summed E-state index contributed by atoms with van der Waals surface area (Å²) < 4.78 is 4.79. The first-order valence-electron chi connectivity index (χ1n) is 7.19. The van der Waals surface area contributed by atoms with Gasteiger partial charge in [0.1, 0.15) is 11.1 Å². The Balaban J connectivity index is 2.05. The van der Waals surface area contributed by atoms with Crippen molar-refractivity contribution in [3.63, 3.8) is 0 Å². The minimum atomic E-state index is -0.558. The number of fused-ring (bicyclic) bond motifs is 1. The number of thiophene rings is 1. The smallest absolute Gasteiger partial charge is 0.330 e. The van der Waals surface area contributed by atoms with Crippen LogP contribution < -0.4 is 5.32 Å². The number of hydrogen-bond donors (Lipinski definition) is 1. The number of nitriles is 1. The maximum atomic E-state index is 11.9. The van der Waals surface area contributed by atoms with Gasteiger partial charge in [-0.1, -0.05) is 13.0 Å². The van der Waals surface area contributed by atoms with Crippen LogP contribution in [0.4, 0.5) is 5.00 Å². The number of nitrogens with one attached hydrogen (secondary N) is 1. The van der Waals surface area contributed by atoms with Crippen LogP contribution in [0.5, 0.6) is 0 Å². The highest BCUT2D eigenvalue weighted by atomic mass is 32.1. The minimum Gasteiger partial charge on any atom is -0.452 e. The number of allylic oxidation sites excluding steroid dienone is 1. The predicted molar refractivity (Wildman–Crippen MR) is 84.6 cm³/mol. The van der Waals surface area contributed by atoms with E-state index in [9.17, 15) is 14.9 Å². The summed E-state index contributed by atoms with van der Waals surface area (Å²) in [5.41, 5.74) is 1.62. The summed E-state index contributed by atoms with van der Waals surface area (Å²) in [5, 5.41) is 12.6. The zero-order valence-electron chi connectivity index (χ0n) is 12.6. The number of amides is 1. The lowest BCUT2D eigenvalue weighted by Gasteiger charge is -2.17. The molecule has 0 spiro atoms. The van der Waals surface area contributed by atoms with Gasteiger partial charge in [-0.2, -0.15) is 5.26 Å². The quantitative estimate of drug-likeness (QED) is 0.684. The Hall–Kier alpha value is -2.13. The highest BCUT2D eigenvalue weighted by Crippen LogP contribution is 2.39. The maximum absolute atomic E-state index is 11.9. The fraction of sp³-hybridized carbons (Fsp3) is 0.438. The Labute approximate surface area is 133 Å². The highest BCUT2D eigenvalue weighted by Gasteiger charge is 2.24. The molecular weight excluding hydrogens is 300 g/mol. The van der Waals surface area contributed by atoms with E-state index in [4.69, 9.17) is 4.74 Å². The standard InChI is InChI=1S/C16H18N2O3S/c1-3-4-15(20)21-9-14(19)18-16-12(8-17)11-6-5-10(2)7-13(11)22-16/h3-4,10H,5-7,9H2,1-2H3,(H,18,19). The second kappa shape index (κ2) is 7.23. The number of hydrogen-bond acceptors (Lipinski definition) is 5. The third kappa shape index (κ3) is 3.74. The van der Waals surface area contributed by atoms with Crippen molar-refractivity contribution in [2.75, 3.05) is 11.9 Å². The van der Waals surface area contributed by atoms with Crippen molar-refractivity contribution < 1.29 is 14.3 Å². The van der Waals surface area contributed by atoms with Crippen molar-refractivity contribution in [3.8, 4) is 6.07 Å². The van der Waals surface area contributed by atoms with E-state index in [-0.39, 0.29) is 6.61 Å². The molecule has 0 radical (unpaired) electrons. The van der Waals surface area contributed by atoms with Crippen molar-refractivity contribution in [3.05, 3.63) is 28.2 Å². The van der Waals surface area contributed by atoms with Gasteiger partial charge in [-0.05, 0) is 37.7 Å². The molecule has 2 rings (SSSR count). The SMILES string of the molecule is CC=CC(=O)OCC(=O)Nc1sc2c(c1C#N)CCC(C)C2. The van der Waals surface area contributed by atoms with Gasteiger partial charge in [0.2, 0.25) is 0 Å². The van der Waals surface area contributed by atoms with Crippen LogP contribution in [0.25, 0.3) is 0 Å². The van der Waals surface area contributed by atoms with E-state index in [2.05, 4.69) is 18.3 Å². The Morgan fingerprint density at radius 2 is 2.32 bits per heavy atom. The molecule has 1 N–H and O–H groups in total. The molecular formula is C16H18N2O3S. The van der Waals surface area contributed by atoms with Crippen LogP contribution >= 0.6 is 11.3 Å². The molecule has 1 aliphatic rings. The first kappa shape index (κ1) is 16.2. The minimum absolute atomic E-state index is 0.354. The molecule has 116 valence electrons. The zero-order valence-corrected chi connectivity index (χ0v) is 13.5. The van der Waals surface area contributed by atoms with Crippen LogP contribution in [0.2, 0.25) is 0 Å². The molecule has 0 bridgehead atoms. The molecule has 1 atom stereocenters. The van der Waals surface area contributed by atoms with Gasteiger partial charge in [0.25, 0.3) is 5.91 Å². The van der Waals surface area contributed by atoms with Gasteiger partial charge in [-0.15, -0.1) is 11.3 Å². The average Bonchev–Trinajstić information content (AvgIpc) is 2.81. The molecule has 1 unspecified atom stereocenters. The van der Waals surface area contributed by atoms with Crippen molar-refractivity contribution in [2.45, 2.75) is 33.1 Å². The molecule has 0 saturated heterocycles. The van der Waals surface area contributed by atoms with Gasteiger partial charge in [0.05, 0.1) is 5.56 Å². The lowest BCUT2D eigenvalue weighted by atomic mass is 9.89. The number of carbonyl (C=O) groups is 2. The number of nitrogens with zero attached hydrogens (tertiary/aromatic N) is 1. The lowest BCUT2D eigenvalue weighted by Crippen LogP contribution is -2.20. The number of ether oxygens (including phenoxy) is 1. The van der Waals surface area contributed by atoms with Crippen LogP contribution in [-0.2, 0) is 27.2 Å². The Morgan fingerprint density at radius 3 is 3.00 bits per heavy atom. The van der Waals surface area contributed by atoms with Gasteiger partial charge < -0.3 is 10.1 Å². The number of anilines is 1. The third-order valence-electron chi connectivity index (χ3n) is 3.52. The second-order valence-electron chi connectivity index (χ2n) is 5.32. The molecule has 1 amide bonds. The monoisotopic (exact) mass is 318 g/mol. The molecule has 5 nitrogen and oxygen atoms in total. The van der Waals surface area contributed by atoms with Crippen LogP contribution in [0.3, 0.4) is 0 Å². The van der Waals surface area contributed by atoms with Crippen molar-refractivity contribution in [2.24, 2.45) is 5.92 Å². The first-order chi connectivity index (χ1) is 10.5. The number of carbonyl (C=O) groups excluding carboxylic acids is 2. The van der Waals surface area contributed by atoms with Crippen LogP contribution in [0.15, 0.2) is 12.2 Å². The molecule has 0 aromatic carbocycles. The molecule has 0 aliphatic heterocycles. The Morgan fingerprint density at radius 1 is 1.55 bits per heavy atom. The first-order valence-corrected chi connectivity index (χ1v) is 8.00. The summed E-state index contributed by atoms with van der Waals surface area (Å²) in [7, 11) is 0. The van der Waals surface area contributed by atoms with Gasteiger partial charge in [-0.25, -0.2) is 4.79 Å². The van der Waals surface area contributed by atoms with E-state index < -0.39 is 11.9 Å². The summed E-state index contributed by atoms with van der Waals surface area (Å²) in [6, 6.07) is 2.19. The van der Waals surface area contributed by atoms with Gasteiger partial charge >= 0.3 is 5.97 Å². The largest absolute Gasteiger partial charge is 0.452 e. The average molecular weight is 318 g/mol. The summed E-state index contributed by atoms with van der Waals surface area (Å²) in [5.74, 6) is -0.388. The molecule has 22 heavy (non-hydrogen) atoms. The van der Waals surface area contributed by atoms with E-state index in [1.807, 2.05) is 0 Å². The van der Waals surface area contributed by atoms with Gasteiger partial charge in [0.15, 0.2) is 6.61 Å². The maximum Gasteiger partial charge on any atom is 0.330 e. The molecule has 1 aromatic heterocycles. The Kier molecular flexibility index (Phi) is 5.34. The van der Waals surface area contributed by atoms with Gasteiger partial charge in [-0.3, -0.25) is 4.79 Å². The summed E-state index contributed by atoms with van der Waals surface area (Å²) in [6.07, 6.45) is 5.68. The predicted octanol–water partition coefficient (Wildman–Crippen LogP) is 2.80. The summed E-state index contributed by atoms with van der Waals surface area (Å²) >= 11 is 1.45. The topological polar surface area (TPSA) is 79.2 Å². The molecule has 0 fully saturated rings. The van der Waals surface area contributed by atoms with E-state index >= 15 is 0 Å². The van der Waals surface area contributed by atoms with Crippen LogP contribution in [0.1, 0.15) is 36.3 Å². The molecule has 1 heterocycles. The zero-order chi connectivity index (χ0) is 16.1. The molecule has 1 aromatic rings. The Bertz CT molecular complexity index is 655. The van der Waals surface area contributed by atoms with Crippen LogP contribution in [-0.4, -0.2) is 18.5 Å². The summed E-state index contributed by atoms with van der Waals surface area (Å²) in [6.45, 7) is 3.53. The fourth-order valence-electron chi connectivity index (χ4n) is 2.44. The molecule has 6 heteroatoms. The summed E-state index contributed by atoms with van der Waals surface area (Å²) in [4.78, 5) is 24.2. The third-order valence-corrected chi connectivity index (χ3v) is 4.69. The fourth-order valence-corrected chi connectivity index (χ4v) is 3.82. The van der Waals surface area contributed by atoms with Gasteiger partial charge in [0, 0.05) is 11.0 Å². The van der Waals surface area contributed by atoms with E-state index in [1.54, 1.807) is 13.0 Å². The number of rotatable bonds is 4. The lowest BCUT2D eigenvalue weighted by molar-refractivity contribution is -0.142. The van der Waals surface area contributed by atoms with Crippen molar-refractivity contribution in [1.82, 2.24) is 0 Å². The highest BCUT2D eigenvalue weighted by molar-refractivity contribution is 7.16. The number of esters is 1. The molecule has 0 saturated carbocycles. The molecule has 1 aliphatic carbocycles. The van der Waals surface area contributed by atoms with E-state index in [0.29, 0.717) is 16.5 Å². The van der Waals surface area contributed by atoms with Crippen LogP contribution in [0, 0.1) is 17.2 Å². The van der Waals surface area contributed by atoms with E-state index in [0.717, 1.165) is 24.8 Å². The van der Waals surface area contributed by atoms with Crippen molar-refractivity contribution >= 4 is 28.2 Å². The normalized spacial score (nSPS) is 16.9.